The van der Waals surface area contributed by atoms with Crippen LogP contribution in [0.5, 0.6) is 0 Å². The second-order valence-electron chi connectivity index (χ2n) is 7.62. The number of anilines is 1. The van der Waals surface area contributed by atoms with Gasteiger partial charge in [0.2, 0.25) is 0 Å². The fourth-order valence-electron chi connectivity index (χ4n) is 4.35. The number of hydrogen-bond acceptors (Lipinski definition) is 7. The first kappa shape index (κ1) is 15.8. The number of nitrogens with two attached hydrogens (primary N) is 1. The predicted molar refractivity (Wildman–Crippen MR) is 101 cm³/mol. The lowest BCUT2D eigenvalue weighted by molar-refractivity contribution is 0.166. The van der Waals surface area contributed by atoms with E-state index >= 15 is 0 Å². The molecule has 1 unspecified atom stereocenters. The zero-order valence-electron chi connectivity index (χ0n) is 15.3. The molecule has 4 aromatic rings. The molecule has 2 aliphatic carbocycles. The van der Waals surface area contributed by atoms with E-state index < -0.39 is 6.10 Å². The van der Waals surface area contributed by atoms with Crippen molar-refractivity contribution < 1.29 is 9.63 Å². The Morgan fingerprint density at radius 3 is 2.86 bits per heavy atom. The highest BCUT2D eigenvalue weighted by Gasteiger charge is 2.39. The standard InChI is InChI=1S/C19H19N7O2/c1-25-7-10(6-23-25)26-11-4-5-12(27)14-16(24-28-17(14)9-2-3-9)13(11)15-18(20)21-8-22-19(15)26/h6-9,12,27H,2-5H2,1H3,(H2,20,21,22). The summed E-state index contributed by atoms with van der Waals surface area (Å²) in [6.07, 6.45) is 7.95. The van der Waals surface area contributed by atoms with Gasteiger partial charge in [-0.05, 0) is 25.7 Å². The molecule has 9 heteroatoms. The van der Waals surface area contributed by atoms with E-state index in [4.69, 9.17) is 10.3 Å². The van der Waals surface area contributed by atoms with Crippen LogP contribution in [0.15, 0.2) is 23.2 Å². The van der Waals surface area contributed by atoms with Crippen LogP contribution in [0.2, 0.25) is 0 Å². The molecule has 142 valence electrons. The Bertz CT molecular complexity index is 1230. The minimum Gasteiger partial charge on any atom is -0.388 e. The Morgan fingerprint density at radius 1 is 1.25 bits per heavy atom. The molecule has 0 spiro atoms. The molecule has 0 aliphatic heterocycles. The van der Waals surface area contributed by atoms with Gasteiger partial charge in [0.25, 0.3) is 0 Å². The first-order valence-corrected chi connectivity index (χ1v) is 9.44. The SMILES string of the molecule is Cn1cc(-n2c3c(c4c(N)ncnc42)-c2noc(C4CC4)c2C(O)CC3)cn1. The highest BCUT2D eigenvalue weighted by atomic mass is 16.5. The van der Waals surface area contributed by atoms with Gasteiger partial charge in [-0.15, -0.1) is 0 Å². The van der Waals surface area contributed by atoms with Gasteiger partial charge in [-0.3, -0.25) is 9.25 Å². The maximum atomic E-state index is 10.9. The van der Waals surface area contributed by atoms with Crippen LogP contribution in [0.3, 0.4) is 0 Å². The van der Waals surface area contributed by atoms with E-state index in [1.807, 2.05) is 17.8 Å². The molecule has 9 nitrogen and oxygen atoms in total. The zero-order valence-corrected chi connectivity index (χ0v) is 15.3. The van der Waals surface area contributed by atoms with Gasteiger partial charge < -0.3 is 15.4 Å². The lowest BCUT2D eigenvalue weighted by Crippen LogP contribution is -2.04. The lowest BCUT2D eigenvalue weighted by atomic mass is 10.0. The molecule has 4 aromatic heterocycles. The van der Waals surface area contributed by atoms with Crippen LogP contribution < -0.4 is 5.73 Å². The van der Waals surface area contributed by atoms with Gasteiger partial charge in [0.05, 0.1) is 28.9 Å². The van der Waals surface area contributed by atoms with Crippen molar-refractivity contribution >= 4 is 16.9 Å². The molecule has 28 heavy (non-hydrogen) atoms. The van der Waals surface area contributed by atoms with Gasteiger partial charge in [0, 0.05) is 30.4 Å². The molecule has 6 rings (SSSR count). The number of nitrogens with zero attached hydrogens (tertiary/aromatic N) is 6. The summed E-state index contributed by atoms with van der Waals surface area (Å²) in [6, 6.07) is 0. The Kier molecular flexibility index (Phi) is 3.06. The first-order chi connectivity index (χ1) is 13.6. The summed E-state index contributed by atoms with van der Waals surface area (Å²) in [5.74, 6) is 1.56. The van der Waals surface area contributed by atoms with Crippen molar-refractivity contribution in [3.63, 3.8) is 0 Å². The Balaban J connectivity index is 1.73. The summed E-state index contributed by atoms with van der Waals surface area (Å²) in [6.45, 7) is 0. The maximum Gasteiger partial charge on any atom is 0.151 e. The van der Waals surface area contributed by atoms with Gasteiger partial charge in [0.15, 0.2) is 5.65 Å². The number of nitrogen functional groups attached to an aromatic ring is 1. The minimum atomic E-state index is -0.618. The number of aliphatic hydroxyl groups excluding tert-OH is 1. The van der Waals surface area contributed by atoms with Gasteiger partial charge in [-0.2, -0.15) is 5.10 Å². The molecule has 0 radical (unpaired) electrons. The maximum absolute atomic E-state index is 10.9. The molecule has 0 bridgehead atoms. The van der Waals surface area contributed by atoms with E-state index in [2.05, 4.69) is 20.2 Å². The van der Waals surface area contributed by atoms with Crippen LogP contribution in [-0.2, 0) is 13.5 Å². The van der Waals surface area contributed by atoms with Crippen LogP contribution in [0.4, 0.5) is 5.82 Å². The Morgan fingerprint density at radius 2 is 2.11 bits per heavy atom. The molecule has 3 N–H and O–H groups in total. The fourth-order valence-corrected chi connectivity index (χ4v) is 4.35. The molecule has 1 fully saturated rings. The van der Waals surface area contributed by atoms with Crippen molar-refractivity contribution in [3.05, 3.63) is 35.7 Å². The smallest absolute Gasteiger partial charge is 0.151 e. The highest BCUT2D eigenvalue weighted by Crippen LogP contribution is 2.50. The molecular formula is C19H19N7O2. The second-order valence-corrected chi connectivity index (χ2v) is 7.62. The third-order valence-corrected chi connectivity index (χ3v) is 5.75. The van der Waals surface area contributed by atoms with Crippen LogP contribution in [0.25, 0.3) is 28.0 Å². The third-order valence-electron chi connectivity index (χ3n) is 5.75. The Labute approximate surface area is 159 Å². The van der Waals surface area contributed by atoms with Crippen molar-refractivity contribution in [1.82, 2.24) is 29.5 Å². The topological polar surface area (TPSA) is 121 Å². The summed E-state index contributed by atoms with van der Waals surface area (Å²) in [4.78, 5) is 8.74. The highest BCUT2D eigenvalue weighted by molar-refractivity contribution is 6.03. The number of hydrogen-bond donors (Lipinski definition) is 2. The van der Waals surface area contributed by atoms with Gasteiger partial charge in [-0.1, -0.05) is 5.16 Å². The van der Waals surface area contributed by atoms with Crippen molar-refractivity contribution in [2.45, 2.75) is 37.7 Å². The average molecular weight is 377 g/mol. The molecule has 0 aromatic carbocycles. The fraction of sp³-hybridized carbons (Fsp3) is 0.368. The van der Waals surface area contributed by atoms with E-state index in [0.717, 1.165) is 46.5 Å². The quantitative estimate of drug-likeness (QED) is 0.549. The van der Waals surface area contributed by atoms with Crippen LogP contribution >= 0.6 is 0 Å². The van der Waals surface area contributed by atoms with E-state index in [-0.39, 0.29) is 0 Å². The van der Waals surface area contributed by atoms with Crippen molar-refractivity contribution in [2.75, 3.05) is 5.73 Å². The van der Waals surface area contributed by atoms with Crippen molar-refractivity contribution in [3.8, 4) is 16.9 Å². The summed E-state index contributed by atoms with van der Waals surface area (Å²) in [5, 5.41) is 20.3. The van der Waals surface area contributed by atoms with Crippen LogP contribution in [0, 0.1) is 0 Å². The van der Waals surface area contributed by atoms with E-state index in [0.29, 0.717) is 35.9 Å². The molecule has 1 atom stereocenters. The largest absolute Gasteiger partial charge is 0.388 e. The number of aliphatic hydroxyl groups is 1. The van der Waals surface area contributed by atoms with E-state index in [9.17, 15) is 5.11 Å². The van der Waals surface area contributed by atoms with Crippen LogP contribution in [0.1, 0.15) is 48.3 Å². The second kappa shape index (κ2) is 5.41. The van der Waals surface area contributed by atoms with Gasteiger partial charge in [0.1, 0.15) is 23.6 Å². The normalized spacial score (nSPS) is 18.9. The average Bonchev–Trinajstić information content (AvgIpc) is 3.18. The predicted octanol–water partition coefficient (Wildman–Crippen LogP) is 2.25. The summed E-state index contributed by atoms with van der Waals surface area (Å²) < 4.78 is 9.51. The number of rotatable bonds is 2. The molecular weight excluding hydrogens is 358 g/mol. The van der Waals surface area contributed by atoms with Gasteiger partial charge >= 0.3 is 0 Å². The number of aryl methyl sites for hydroxylation is 1. The van der Waals surface area contributed by atoms with Crippen molar-refractivity contribution in [1.29, 1.82) is 0 Å². The minimum absolute atomic E-state index is 0.354. The summed E-state index contributed by atoms with van der Waals surface area (Å²) in [5.41, 5.74) is 11.2. The van der Waals surface area contributed by atoms with E-state index in [1.54, 1.807) is 10.9 Å². The van der Waals surface area contributed by atoms with Crippen LogP contribution in [-0.4, -0.2) is 34.6 Å². The number of fused-ring (bicyclic) bond motifs is 5. The first-order valence-electron chi connectivity index (χ1n) is 9.44. The Hall–Kier alpha value is -3.20. The molecule has 0 saturated heterocycles. The van der Waals surface area contributed by atoms with Gasteiger partial charge in [-0.25, -0.2) is 9.97 Å². The lowest BCUT2D eigenvalue weighted by Gasteiger charge is -2.10. The molecule has 1 saturated carbocycles. The summed E-state index contributed by atoms with van der Waals surface area (Å²) >= 11 is 0. The van der Waals surface area contributed by atoms with E-state index in [1.165, 1.54) is 6.33 Å². The van der Waals surface area contributed by atoms with Crippen molar-refractivity contribution in [2.24, 2.45) is 7.05 Å². The molecule has 0 amide bonds. The summed E-state index contributed by atoms with van der Waals surface area (Å²) in [7, 11) is 1.87. The third kappa shape index (κ3) is 2.04. The molecule has 4 heterocycles. The zero-order chi connectivity index (χ0) is 19.0. The monoisotopic (exact) mass is 377 g/mol. The molecule has 2 aliphatic rings. The number of aromatic nitrogens is 6.